The van der Waals surface area contributed by atoms with Crippen LogP contribution in [0.5, 0.6) is 0 Å². The van der Waals surface area contributed by atoms with Crippen LogP contribution in [0, 0.1) is 0 Å². The molecule has 2 atom stereocenters. The second-order valence-electron chi connectivity index (χ2n) is 15.7. The zero-order valence-electron chi connectivity index (χ0n) is 29.4. The van der Waals surface area contributed by atoms with Crippen LogP contribution < -0.4 is 19.6 Å². The van der Waals surface area contributed by atoms with E-state index in [2.05, 4.69) is 13.8 Å². The summed E-state index contributed by atoms with van der Waals surface area (Å²) in [6, 6.07) is 6.67. The molecule has 0 aliphatic rings. The van der Waals surface area contributed by atoms with E-state index in [0.717, 1.165) is 46.2 Å². The third-order valence-corrected chi connectivity index (χ3v) is 9.47. The van der Waals surface area contributed by atoms with Gasteiger partial charge in [0.15, 0.2) is 0 Å². The van der Waals surface area contributed by atoms with Gasteiger partial charge in [-0.3, -0.25) is 0 Å². The van der Waals surface area contributed by atoms with Gasteiger partial charge < -0.3 is 38.9 Å². The summed E-state index contributed by atoms with van der Waals surface area (Å²) in [5, 5.41) is 19.8. The molecular weight excluding hydrogens is 657 g/mol. The smallest absolute Gasteiger partial charge is 0.106 e. The van der Waals surface area contributed by atoms with Crippen molar-refractivity contribution in [2.24, 2.45) is 0 Å². The second-order valence-corrected chi connectivity index (χ2v) is 18.9. The van der Waals surface area contributed by atoms with Gasteiger partial charge >= 0.3 is 0 Å². The van der Waals surface area contributed by atoms with Gasteiger partial charge in [-0.2, -0.15) is 0 Å². The summed E-state index contributed by atoms with van der Waals surface area (Å²) >= 11 is 0. The summed E-state index contributed by atoms with van der Waals surface area (Å²) in [4.78, 5) is 44.9. The first-order valence-electron chi connectivity index (χ1n) is 15.1. The van der Waals surface area contributed by atoms with E-state index < -0.39 is 26.9 Å². The maximum absolute atomic E-state index is 11.2. The van der Waals surface area contributed by atoms with Gasteiger partial charge in [0.25, 0.3) is 0 Å². The molecule has 0 radical (unpaired) electrons. The van der Waals surface area contributed by atoms with E-state index in [-0.39, 0.29) is 49.3 Å². The summed E-state index contributed by atoms with van der Waals surface area (Å²) in [7, 11) is -10.2. The van der Waals surface area contributed by atoms with E-state index in [9.17, 15) is 38.9 Å². The minimum atomic E-state index is -5.09. The van der Waals surface area contributed by atoms with E-state index in [1.54, 1.807) is 24.3 Å². The molecule has 0 aromatic heterocycles. The van der Waals surface area contributed by atoms with Crippen LogP contribution in [-0.4, -0.2) is 10.2 Å². The van der Waals surface area contributed by atoms with Crippen molar-refractivity contribution in [2.45, 2.75) is 143 Å². The molecule has 0 fully saturated rings. The molecule has 0 saturated heterocycles. The Morgan fingerprint density at radius 2 is 0.711 bits per heavy atom. The topological polar surface area (TPSA) is 167 Å². The van der Waals surface area contributed by atoms with E-state index >= 15 is 0 Å². The van der Waals surface area contributed by atoms with Crippen molar-refractivity contribution in [2.75, 3.05) is 0 Å². The SMILES string of the molecule is CCc1c(C(C)(C)C)cc(C(O)P(=O)([O-])[O-])cc1C(C)(C)C.CCc1c(C(C)(C)C)cc(C(O)P(=O)([O-])[O-])cc1C(C)(C)C.[Ni]. The zero-order chi connectivity index (χ0) is 35.0. The normalized spacial score (nSPS) is 14.7. The Labute approximate surface area is 281 Å². The minimum Gasteiger partial charge on any atom is -0.809 e. The van der Waals surface area contributed by atoms with Crippen LogP contribution in [-0.2, 0) is 60.1 Å². The zero-order valence-corrected chi connectivity index (χ0v) is 32.2. The van der Waals surface area contributed by atoms with Gasteiger partial charge in [-0.15, -0.1) is 0 Å². The fourth-order valence-electron chi connectivity index (χ4n) is 5.49. The second kappa shape index (κ2) is 15.1. The maximum Gasteiger partial charge on any atom is 0.106 e. The van der Waals surface area contributed by atoms with Crippen molar-refractivity contribution in [3.63, 3.8) is 0 Å². The van der Waals surface area contributed by atoms with Crippen LogP contribution in [0.2, 0.25) is 0 Å². The van der Waals surface area contributed by atoms with Crippen molar-refractivity contribution in [1.82, 2.24) is 0 Å². The molecular formula is C34H54NiO8P2-4. The number of benzene rings is 2. The molecule has 2 N–H and O–H groups in total. The van der Waals surface area contributed by atoms with Gasteiger partial charge in [0.2, 0.25) is 0 Å². The van der Waals surface area contributed by atoms with Gasteiger partial charge in [0.05, 0.1) is 0 Å². The van der Waals surface area contributed by atoms with Crippen LogP contribution >= 0.6 is 15.2 Å². The molecule has 0 bridgehead atoms. The van der Waals surface area contributed by atoms with Gasteiger partial charge in [-0.1, -0.05) is 121 Å². The van der Waals surface area contributed by atoms with E-state index in [1.807, 2.05) is 83.1 Å². The number of aliphatic hydroxyl groups excluding tert-OH is 2. The van der Waals surface area contributed by atoms with Crippen molar-refractivity contribution in [3.05, 3.63) is 68.8 Å². The van der Waals surface area contributed by atoms with Crippen LogP contribution in [0.1, 0.15) is 153 Å². The van der Waals surface area contributed by atoms with Crippen molar-refractivity contribution >= 4 is 15.2 Å². The van der Waals surface area contributed by atoms with Gasteiger partial charge in [0.1, 0.15) is 11.7 Å². The third-order valence-electron chi connectivity index (χ3n) is 7.68. The molecule has 0 aliphatic heterocycles. The van der Waals surface area contributed by atoms with E-state index in [1.165, 1.54) is 0 Å². The Morgan fingerprint density at radius 3 is 0.822 bits per heavy atom. The first-order valence-corrected chi connectivity index (χ1v) is 18.4. The number of aliphatic hydroxyl groups is 2. The summed E-state index contributed by atoms with van der Waals surface area (Å²) in [6.45, 7) is 28.6. The average molecular weight is 711 g/mol. The Kier molecular flexibility index (Phi) is 14.9. The molecule has 0 heterocycles. The van der Waals surface area contributed by atoms with E-state index in [4.69, 9.17) is 0 Å². The largest absolute Gasteiger partial charge is 0.809 e. The monoisotopic (exact) mass is 710 g/mol. The number of hydrogen-bond acceptors (Lipinski definition) is 8. The molecule has 0 saturated carbocycles. The molecule has 45 heavy (non-hydrogen) atoms. The van der Waals surface area contributed by atoms with Gasteiger partial charge in [0, 0.05) is 16.5 Å². The number of hydrogen-bond donors (Lipinski definition) is 2. The Bertz CT molecular complexity index is 1220. The fraction of sp³-hybridized carbons (Fsp3) is 0.647. The molecule has 2 rings (SSSR count). The van der Waals surface area contributed by atoms with Crippen molar-refractivity contribution < 1.29 is 55.4 Å². The van der Waals surface area contributed by atoms with Crippen molar-refractivity contribution in [1.29, 1.82) is 0 Å². The predicted molar refractivity (Wildman–Crippen MR) is 172 cm³/mol. The summed E-state index contributed by atoms with van der Waals surface area (Å²) in [5.74, 6) is -4.00. The first-order chi connectivity index (χ1) is 19.4. The van der Waals surface area contributed by atoms with Gasteiger partial charge in [-0.25, -0.2) is 0 Å². The predicted octanol–water partition coefficient (Wildman–Crippen LogP) is 5.49. The third kappa shape index (κ3) is 11.7. The van der Waals surface area contributed by atoms with E-state index in [0.29, 0.717) is 0 Å². The van der Waals surface area contributed by atoms with Gasteiger partial charge in [-0.05, 0) is 94.2 Å². The molecule has 0 amide bonds. The standard InChI is InChI=1S/2C17H29O4P.Ni/c2*1-8-12-13(16(2,3)4)9-11(15(18)22(19,20)21)10-14(12)17(5,6)7;/h2*9-10,15,18H,8H2,1-7H3,(H2,19,20,21);/p-4. The maximum atomic E-state index is 11.2. The quantitative estimate of drug-likeness (QED) is 0.293. The summed E-state index contributed by atoms with van der Waals surface area (Å²) in [5.41, 5.74) is 5.71. The fourth-order valence-corrected chi connectivity index (χ4v) is 6.52. The van der Waals surface area contributed by atoms with Crippen LogP contribution in [0.15, 0.2) is 24.3 Å². The molecule has 0 aliphatic carbocycles. The Morgan fingerprint density at radius 1 is 0.533 bits per heavy atom. The molecule has 262 valence electrons. The van der Waals surface area contributed by atoms with Crippen LogP contribution in [0.4, 0.5) is 0 Å². The van der Waals surface area contributed by atoms with Crippen LogP contribution in [0.25, 0.3) is 0 Å². The van der Waals surface area contributed by atoms with Crippen molar-refractivity contribution in [3.8, 4) is 0 Å². The number of rotatable bonds is 6. The van der Waals surface area contributed by atoms with Crippen LogP contribution in [0.3, 0.4) is 0 Å². The first kappa shape index (κ1) is 44.2. The summed E-state index contributed by atoms with van der Waals surface area (Å²) < 4.78 is 22.5. The Balaban J connectivity index is 0.000000842. The molecule has 2 aromatic rings. The molecule has 0 spiro atoms. The Hall–Kier alpha value is -0.846. The molecule has 2 aromatic carbocycles. The molecule has 2 unspecified atom stereocenters. The molecule has 11 heteroatoms. The minimum absolute atomic E-state index is 0. The average Bonchev–Trinajstić information content (AvgIpc) is 2.83. The summed E-state index contributed by atoms with van der Waals surface area (Å²) in [6.07, 6.45) is 1.62. The molecule has 8 nitrogen and oxygen atoms in total.